The molecule has 0 saturated carbocycles. The number of piperazine rings is 1. The maximum atomic E-state index is 11.9. The van der Waals surface area contributed by atoms with Crippen LogP contribution in [-0.4, -0.2) is 47.4 Å². The minimum atomic E-state index is -0.933. The molecule has 106 valence electrons. The Kier molecular flexibility index (Phi) is 4.09. The Morgan fingerprint density at radius 2 is 2.15 bits per heavy atom. The van der Waals surface area contributed by atoms with E-state index in [1.165, 1.54) is 18.2 Å². The van der Waals surface area contributed by atoms with E-state index in [9.17, 15) is 19.5 Å². The van der Waals surface area contributed by atoms with E-state index in [1.807, 2.05) is 0 Å². The number of carbonyl (C=O) groups excluding carboxylic acids is 3. The summed E-state index contributed by atoms with van der Waals surface area (Å²) in [4.78, 5) is 36.0. The van der Waals surface area contributed by atoms with Crippen molar-refractivity contribution in [2.75, 3.05) is 25.0 Å². The van der Waals surface area contributed by atoms with Crippen LogP contribution in [0.5, 0.6) is 5.75 Å². The summed E-state index contributed by atoms with van der Waals surface area (Å²) in [5.74, 6) is -2.29. The Balaban J connectivity index is 2.05. The van der Waals surface area contributed by atoms with Crippen LogP contribution in [0.2, 0.25) is 5.02 Å². The Labute approximate surface area is 119 Å². The zero-order valence-electron chi connectivity index (χ0n) is 10.4. The van der Waals surface area contributed by atoms with E-state index < -0.39 is 11.8 Å². The quantitative estimate of drug-likeness (QED) is 0.499. The van der Waals surface area contributed by atoms with Crippen molar-refractivity contribution in [3.63, 3.8) is 0 Å². The first-order valence-corrected chi connectivity index (χ1v) is 6.20. The van der Waals surface area contributed by atoms with Gasteiger partial charge < -0.3 is 20.6 Å². The minimum absolute atomic E-state index is 0.0392. The van der Waals surface area contributed by atoms with E-state index >= 15 is 0 Å². The summed E-state index contributed by atoms with van der Waals surface area (Å²) in [5, 5.41) is 14.7. The number of aromatic hydroxyl groups is 1. The van der Waals surface area contributed by atoms with Gasteiger partial charge in [0.15, 0.2) is 0 Å². The summed E-state index contributed by atoms with van der Waals surface area (Å²) in [7, 11) is 0. The van der Waals surface area contributed by atoms with Crippen molar-refractivity contribution in [2.45, 2.75) is 0 Å². The fourth-order valence-electron chi connectivity index (χ4n) is 1.74. The fourth-order valence-corrected chi connectivity index (χ4v) is 1.91. The highest BCUT2D eigenvalue weighted by Crippen LogP contribution is 2.26. The van der Waals surface area contributed by atoms with E-state index in [0.717, 1.165) is 4.90 Å². The zero-order valence-corrected chi connectivity index (χ0v) is 11.1. The van der Waals surface area contributed by atoms with E-state index in [4.69, 9.17) is 11.6 Å². The van der Waals surface area contributed by atoms with E-state index in [2.05, 4.69) is 10.6 Å². The number of rotatable bonds is 1. The molecule has 1 heterocycles. The smallest absolute Gasteiger partial charge is 0.314 e. The number of phenolic OH excluding ortho intramolecular Hbond substituents is 1. The summed E-state index contributed by atoms with van der Waals surface area (Å²) in [6, 6.07) is 4.07. The number of nitrogens with one attached hydrogen (secondary N) is 2. The first-order chi connectivity index (χ1) is 9.47. The van der Waals surface area contributed by atoms with Gasteiger partial charge in [-0.2, -0.15) is 0 Å². The number of hydrogen-bond donors (Lipinski definition) is 3. The third kappa shape index (κ3) is 3.18. The minimum Gasteiger partial charge on any atom is -0.506 e. The number of halogens is 1. The average Bonchev–Trinajstić information content (AvgIpc) is 2.42. The van der Waals surface area contributed by atoms with Crippen LogP contribution < -0.4 is 10.6 Å². The number of phenols is 1. The van der Waals surface area contributed by atoms with Crippen LogP contribution in [0, 0.1) is 0 Å². The second kappa shape index (κ2) is 5.79. The molecule has 0 aliphatic carbocycles. The molecule has 1 aromatic carbocycles. The summed E-state index contributed by atoms with van der Waals surface area (Å²) in [5.41, 5.74) is 0.0392. The lowest BCUT2D eigenvalue weighted by Gasteiger charge is -2.25. The topological polar surface area (TPSA) is 98.7 Å². The second-order valence-electron chi connectivity index (χ2n) is 4.19. The second-order valence-corrected chi connectivity index (χ2v) is 4.63. The van der Waals surface area contributed by atoms with Gasteiger partial charge in [-0.1, -0.05) is 11.6 Å². The normalized spacial score (nSPS) is 14.7. The highest BCUT2D eigenvalue weighted by atomic mass is 35.5. The molecule has 1 aromatic rings. The Bertz CT molecular complexity index is 576. The average molecular weight is 298 g/mol. The highest BCUT2D eigenvalue weighted by molar-refractivity contribution is 6.40. The van der Waals surface area contributed by atoms with E-state index in [1.54, 1.807) is 0 Å². The lowest BCUT2D eigenvalue weighted by Crippen LogP contribution is -2.52. The van der Waals surface area contributed by atoms with Gasteiger partial charge in [0.25, 0.3) is 0 Å². The van der Waals surface area contributed by atoms with Crippen molar-refractivity contribution < 1.29 is 19.5 Å². The van der Waals surface area contributed by atoms with Crippen molar-refractivity contribution in [3.8, 4) is 5.75 Å². The van der Waals surface area contributed by atoms with Crippen LogP contribution in [0.15, 0.2) is 18.2 Å². The van der Waals surface area contributed by atoms with Gasteiger partial charge in [0.1, 0.15) is 12.3 Å². The molecule has 0 bridgehead atoms. The Hall–Kier alpha value is -2.28. The third-order valence-corrected chi connectivity index (χ3v) is 2.96. The van der Waals surface area contributed by atoms with Crippen LogP contribution >= 0.6 is 11.6 Å². The van der Waals surface area contributed by atoms with Crippen LogP contribution in [0.4, 0.5) is 5.69 Å². The molecule has 1 fully saturated rings. The lowest BCUT2D eigenvalue weighted by molar-refractivity contribution is -0.145. The summed E-state index contributed by atoms with van der Waals surface area (Å²) >= 11 is 5.74. The Morgan fingerprint density at radius 1 is 1.40 bits per heavy atom. The van der Waals surface area contributed by atoms with Crippen LogP contribution in [0.3, 0.4) is 0 Å². The van der Waals surface area contributed by atoms with Gasteiger partial charge >= 0.3 is 11.8 Å². The summed E-state index contributed by atoms with van der Waals surface area (Å²) in [6.07, 6.45) is 0. The van der Waals surface area contributed by atoms with Gasteiger partial charge in [-0.15, -0.1) is 0 Å². The number of carbonyl (C=O) groups is 3. The largest absolute Gasteiger partial charge is 0.506 e. The molecule has 0 atom stereocenters. The number of nitrogens with zero attached hydrogens (tertiary/aromatic N) is 1. The predicted molar refractivity (Wildman–Crippen MR) is 71.3 cm³/mol. The molecule has 0 spiro atoms. The third-order valence-electron chi connectivity index (χ3n) is 2.73. The maximum Gasteiger partial charge on any atom is 0.314 e. The van der Waals surface area contributed by atoms with Gasteiger partial charge in [-0.3, -0.25) is 14.4 Å². The monoisotopic (exact) mass is 297 g/mol. The molecule has 1 aliphatic rings. The molecule has 0 aromatic heterocycles. The van der Waals surface area contributed by atoms with Gasteiger partial charge in [-0.05, 0) is 18.2 Å². The van der Waals surface area contributed by atoms with Crippen molar-refractivity contribution in [1.82, 2.24) is 10.2 Å². The van der Waals surface area contributed by atoms with Crippen LogP contribution in [0.1, 0.15) is 0 Å². The summed E-state index contributed by atoms with van der Waals surface area (Å²) in [6.45, 7) is 0.410. The molecule has 7 nitrogen and oxygen atoms in total. The molecule has 8 heteroatoms. The van der Waals surface area contributed by atoms with Gasteiger partial charge in [-0.25, -0.2) is 0 Å². The molecule has 1 aliphatic heterocycles. The number of benzene rings is 1. The van der Waals surface area contributed by atoms with Crippen LogP contribution in [0.25, 0.3) is 0 Å². The SMILES string of the molecule is O=C1CN(C(=O)C(=O)Nc2cc(Cl)ccc2O)CCN1. The van der Waals surface area contributed by atoms with Crippen molar-refractivity contribution >= 4 is 35.0 Å². The standard InChI is InChI=1S/C12H12ClN3O4/c13-7-1-2-9(17)8(5-7)15-11(19)12(20)16-4-3-14-10(18)6-16/h1-2,5,17H,3-4,6H2,(H,14,18)(H,15,19). The van der Waals surface area contributed by atoms with Crippen molar-refractivity contribution in [1.29, 1.82) is 0 Å². The zero-order chi connectivity index (χ0) is 14.7. The van der Waals surface area contributed by atoms with E-state index in [-0.39, 0.29) is 30.4 Å². The molecule has 0 radical (unpaired) electrons. The number of anilines is 1. The van der Waals surface area contributed by atoms with Gasteiger partial charge in [0.05, 0.1) is 5.69 Å². The number of hydrogen-bond acceptors (Lipinski definition) is 4. The maximum absolute atomic E-state index is 11.9. The molecule has 2 rings (SSSR count). The molecule has 0 unspecified atom stereocenters. The Morgan fingerprint density at radius 3 is 2.85 bits per heavy atom. The predicted octanol–water partition coefficient (Wildman–Crippen LogP) is -0.0575. The van der Waals surface area contributed by atoms with Gasteiger partial charge in [0.2, 0.25) is 5.91 Å². The summed E-state index contributed by atoms with van der Waals surface area (Å²) < 4.78 is 0. The first kappa shape index (κ1) is 14.1. The van der Waals surface area contributed by atoms with Crippen LogP contribution in [-0.2, 0) is 14.4 Å². The van der Waals surface area contributed by atoms with Crippen molar-refractivity contribution in [2.24, 2.45) is 0 Å². The molecular formula is C12H12ClN3O4. The molecule has 3 N–H and O–H groups in total. The van der Waals surface area contributed by atoms with Crippen molar-refractivity contribution in [3.05, 3.63) is 23.2 Å². The molecular weight excluding hydrogens is 286 g/mol. The molecule has 1 saturated heterocycles. The number of amides is 3. The van der Waals surface area contributed by atoms with Gasteiger partial charge in [0, 0.05) is 18.1 Å². The first-order valence-electron chi connectivity index (χ1n) is 5.83. The van der Waals surface area contributed by atoms with E-state index in [0.29, 0.717) is 11.6 Å². The molecule has 20 heavy (non-hydrogen) atoms. The highest BCUT2D eigenvalue weighted by Gasteiger charge is 2.26. The molecule has 3 amide bonds. The lowest BCUT2D eigenvalue weighted by atomic mass is 10.2. The fraction of sp³-hybridized carbons (Fsp3) is 0.250.